The lowest BCUT2D eigenvalue weighted by Gasteiger charge is -2.23. The van der Waals surface area contributed by atoms with Crippen LogP contribution in [0.25, 0.3) is 0 Å². The largest absolute Gasteiger partial charge is 0.491 e. The minimum absolute atomic E-state index is 0.124. The maximum absolute atomic E-state index is 5.74. The molecule has 1 atom stereocenters. The predicted octanol–water partition coefficient (Wildman–Crippen LogP) is 2.85. The first-order chi connectivity index (χ1) is 10.4. The Hall–Kier alpha value is -2.04. The number of hydrogen-bond donors (Lipinski definition) is 1. The Morgan fingerprint density at radius 3 is 2.38 bits per heavy atom. The maximum Gasteiger partial charge on any atom is 0.127 e. The molecule has 0 aliphatic carbocycles. The van der Waals surface area contributed by atoms with Gasteiger partial charge in [-0.1, -0.05) is 18.2 Å². The van der Waals surface area contributed by atoms with E-state index in [4.69, 9.17) is 14.2 Å². The lowest BCUT2D eigenvalue weighted by atomic mass is 10.3. The average molecular weight is 285 g/mol. The molecule has 0 saturated carbocycles. The molecule has 0 spiro atoms. The van der Waals surface area contributed by atoms with Crippen LogP contribution < -0.4 is 14.8 Å². The number of hydrogen-bond acceptors (Lipinski definition) is 4. The van der Waals surface area contributed by atoms with Gasteiger partial charge in [-0.25, -0.2) is 0 Å². The molecule has 1 unspecified atom stereocenters. The fraction of sp³-hybridized carbons (Fsp3) is 0.294. The molecular formula is C17H19NO3. The van der Waals surface area contributed by atoms with Gasteiger partial charge in [-0.2, -0.15) is 0 Å². The van der Waals surface area contributed by atoms with Gasteiger partial charge in [-0.05, 0) is 36.4 Å². The molecule has 21 heavy (non-hydrogen) atoms. The van der Waals surface area contributed by atoms with E-state index in [1.165, 1.54) is 0 Å². The monoisotopic (exact) mass is 285 g/mol. The van der Waals surface area contributed by atoms with E-state index >= 15 is 0 Å². The zero-order valence-electron chi connectivity index (χ0n) is 11.8. The van der Waals surface area contributed by atoms with Crippen LogP contribution in [-0.4, -0.2) is 32.4 Å². The van der Waals surface area contributed by atoms with Crippen molar-refractivity contribution in [3.8, 4) is 17.2 Å². The number of benzene rings is 2. The molecule has 0 radical (unpaired) electrons. The number of morpholine rings is 1. The lowest BCUT2D eigenvalue weighted by Crippen LogP contribution is -2.41. The minimum Gasteiger partial charge on any atom is -0.491 e. The van der Waals surface area contributed by atoms with E-state index in [0.717, 1.165) is 36.9 Å². The summed E-state index contributed by atoms with van der Waals surface area (Å²) in [6.07, 6.45) is 0.124. The smallest absolute Gasteiger partial charge is 0.127 e. The normalized spacial score (nSPS) is 18.2. The third-order valence-electron chi connectivity index (χ3n) is 3.24. The molecule has 110 valence electrons. The van der Waals surface area contributed by atoms with Crippen LogP contribution in [-0.2, 0) is 4.74 Å². The zero-order chi connectivity index (χ0) is 14.3. The second-order valence-electron chi connectivity index (χ2n) is 4.89. The first kappa shape index (κ1) is 13.9. The molecule has 1 heterocycles. The summed E-state index contributed by atoms with van der Waals surface area (Å²) in [6, 6.07) is 17.4. The first-order valence-corrected chi connectivity index (χ1v) is 7.18. The van der Waals surface area contributed by atoms with Crippen molar-refractivity contribution in [2.24, 2.45) is 0 Å². The summed E-state index contributed by atoms with van der Waals surface area (Å²) in [7, 11) is 0. The molecule has 1 aliphatic rings. The summed E-state index contributed by atoms with van der Waals surface area (Å²) in [5.41, 5.74) is 0. The van der Waals surface area contributed by atoms with Crippen LogP contribution in [0.1, 0.15) is 0 Å². The standard InChI is InChI=1S/C17H19NO3/c1-2-4-15(5-3-1)21-16-8-6-14(7-9-16)20-13-17-12-18-10-11-19-17/h1-9,17-18H,10-13H2. The van der Waals surface area contributed by atoms with Crippen molar-refractivity contribution in [3.63, 3.8) is 0 Å². The third-order valence-corrected chi connectivity index (χ3v) is 3.24. The molecule has 0 bridgehead atoms. The topological polar surface area (TPSA) is 39.7 Å². The van der Waals surface area contributed by atoms with E-state index in [0.29, 0.717) is 6.61 Å². The summed E-state index contributed by atoms with van der Waals surface area (Å²) in [5, 5.41) is 3.28. The highest BCUT2D eigenvalue weighted by molar-refractivity contribution is 5.35. The van der Waals surface area contributed by atoms with Crippen molar-refractivity contribution in [1.82, 2.24) is 5.32 Å². The molecule has 1 N–H and O–H groups in total. The van der Waals surface area contributed by atoms with Crippen molar-refractivity contribution in [3.05, 3.63) is 54.6 Å². The minimum atomic E-state index is 0.124. The molecule has 4 heteroatoms. The summed E-state index contributed by atoms with van der Waals surface area (Å²) in [4.78, 5) is 0. The maximum atomic E-state index is 5.74. The molecule has 0 aromatic heterocycles. The van der Waals surface area contributed by atoms with Gasteiger partial charge in [-0.3, -0.25) is 0 Å². The van der Waals surface area contributed by atoms with E-state index in [1.54, 1.807) is 0 Å². The van der Waals surface area contributed by atoms with Gasteiger partial charge in [0.2, 0.25) is 0 Å². The molecule has 2 aromatic rings. The highest BCUT2D eigenvalue weighted by Crippen LogP contribution is 2.23. The molecule has 0 amide bonds. The van der Waals surface area contributed by atoms with Crippen LogP contribution in [0.5, 0.6) is 17.2 Å². The Bertz CT molecular complexity index is 536. The van der Waals surface area contributed by atoms with Gasteiger partial charge in [0, 0.05) is 13.1 Å². The average Bonchev–Trinajstić information content (AvgIpc) is 2.56. The molecular weight excluding hydrogens is 266 g/mol. The predicted molar refractivity (Wildman–Crippen MR) is 81.1 cm³/mol. The van der Waals surface area contributed by atoms with Gasteiger partial charge in [0.25, 0.3) is 0 Å². The van der Waals surface area contributed by atoms with Crippen LogP contribution in [0, 0.1) is 0 Å². The fourth-order valence-corrected chi connectivity index (χ4v) is 2.14. The van der Waals surface area contributed by atoms with Crippen molar-refractivity contribution >= 4 is 0 Å². The van der Waals surface area contributed by atoms with Crippen molar-refractivity contribution in [2.75, 3.05) is 26.3 Å². The number of para-hydroxylation sites is 1. The molecule has 4 nitrogen and oxygen atoms in total. The Morgan fingerprint density at radius 2 is 1.67 bits per heavy atom. The Labute approximate surface area is 124 Å². The summed E-state index contributed by atoms with van der Waals surface area (Å²) in [6.45, 7) is 3.07. The zero-order valence-corrected chi connectivity index (χ0v) is 11.8. The van der Waals surface area contributed by atoms with Crippen LogP contribution >= 0.6 is 0 Å². The van der Waals surface area contributed by atoms with Crippen LogP contribution in [0.3, 0.4) is 0 Å². The lowest BCUT2D eigenvalue weighted by molar-refractivity contribution is 0.000190. The highest BCUT2D eigenvalue weighted by Gasteiger charge is 2.13. The Balaban J connectivity index is 1.51. The van der Waals surface area contributed by atoms with Crippen LogP contribution in [0.15, 0.2) is 54.6 Å². The summed E-state index contributed by atoms with van der Waals surface area (Å²) in [5.74, 6) is 2.45. The molecule has 3 rings (SSSR count). The van der Waals surface area contributed by atoms with Crippen molar-refractivity contribution < 1.29 is 14.2 Å². The second kappa shape index (κ2) is 7.11. The van der Waals surface area contributed by atoms with Gasteiger partial charge >= 0.3 is 0 Å². The molecule has 1 fully saturated rings. The van der Waals surface area contributed by atoms with E-state index in [9.17, 15) is 0 Å². The third kappa shape index (κ3) is 4.21. The molecule has 1 saturated heterocycles. The van der Waals surface area contributed by atoms with Gasteiger partial charge < -0.3 is 19.5 Å². The first-order valence-electron chi connectivity index (χ1n) is 7.18. The van der Waals surface area contributed by atoms with Crippen LogP contribution in [0.4, 0.5) is 0 Å². The highest BCUT2D eigenvalue weighted by atomic mass is 16.5. The van der Waals surface area contributed by atoms with Crippen molar-refractivity contribution in [2.45, 2.75) is 6.10 Å². The quantitative estimate of drug-likeness (QED) is 0.917. The Morgan fingerprint density at radius 1 is 0.952 bits per heavy atom. The summed E-state index contributed by atoms with van der Waals surface area (Å²) < 4.78 is 17.1. The van der Waals surface area contributed by atoms with Gasteiger partial charge in [0.15, 0.2) is 0 Å². The molecule has 2 aromatic carbocycles. The van der Waals surface area contributed by atoms with Gasteiger partial charge in [0.05, 0.1) is 6.61 Å². The van der Waals surface area contributed by atoms with Gasteiger partial charge in [0.1, 0.15) is 30.0 Å². The van der Waals surface area contributed by atoms with Crippen LogP contribution in [0.2, 0.25) is 0 Å². The summed E-state index contributed by atoms with van der Waals surface area (Å²) >= 11 is 0. The van der Waals surface area contributed by atoms with Crippen molar-refractivity contribution in [1.29, 1.82) is 0 Å². The Kier molecular flexibility index (Phi) is 4.71. The SMILES string of the molecule is c1ccc(Oc2ccc(OCC3CNCCO3)cc2)cc1. The van der Waals surface area contributed by atoms with E-state index in [-0.39, 0.29) is 6.10 Å². The van der Waals surface area contributed by atoms with E-state index in [2.05, 4.69) is 5.32 Å². The van der Waals surface area contributed by atoms with E-state index < -0.39 is 0 Å². The van der Waals surface area contributed by atoms with Gasteiger partial charge in [-0.15, -0.1) is 0 Å². The molecule has 1 aliphatic heterocycles. The number of ether oxygens (including phenoxy) is 3. The number of nitrogens with one attached hydrogen (secondary N) is 1. The fourth-order valence-electron chi connectivity index (χ4n) is 2.14. The van der Waals surface area contributed by atoms with E-state index in [1.807, 2.05) is 54.6 Å². The number of rotatable bonds is 5. The second-order valence-corrected chi connectivity index (χ2v) is 4.89.